The lowest BCUT2D eigenvalue weighted by atomic mass is 10.1. The van der Waals surface area contributed by atoms with Crippen molar-refractivity contribution < 1.29 is 17.6 Å². The standard InChI is InChI=1S/C16H8F4N4O/c17-9-4-1-3-8(7-9)13-22-14-10-5-2-6-11(16(18,19)20)12(10)21-15(25)24(14)23-13/h1-7H,(H,21,25). The Morgan fingerprint density at radius 1 is 1.08 bits per heavy atom. The van der Waals surface area contributed by atoms with Crippen LogP contribution in [0.15, 0.2) is 47.3 Å². The summed E-state index contributed by atoms with van der Waals surface area (Å²) in [6, 6.07) is 8.89. The monoisotopic (exact) mass is 348 g/mol. The van der Waals surface area contributed by atoms with Gasteiger partial charge in [0.15, 0.2) is 11.5 Å². The zero-order valence-electron chi connectivity index (χ0n) is 12.3. The van der Waals surface area contributed by atoms with Gasteiger partial charge in [-0.3, -0.25) is 0 Å². The largest absolute Gasteiger partial charge is 0.418 e. The van der Waals surface area contributed by atoms with E-state index < -0.39 is 23.2 Å². The van der Waals surface area contributed by atoms with Crippen LogP contribution in [0.4, 0.5) is 17.6 Å². The maximum absolute atomic E-state index is 13.4. The van der Waals surface area contributed by atoms with Crippen LogP contribution in [0.3, 0.4) is 0 Å². The average Bonchev–Trinajstić information content (AvgIpc) is 3.00. The highest BCUT2D eigenvalue weighted by molar-refractivity contribution is 5.93. The summed E-state index contributed by atoms with van der Waals surface area (Å²) in [4.78, 5) is 18.5. The molecule has 0 radical (unpaired) electrons. The van der Waals surface area contributed by atoms with Crippen LogP contribution in [-0.4, -0.2) is 19.6 Å². The Morgan fingerprint density at radius 3 is 2.56 bits per heavy atom. The molecule has 126 valence electrons. The van der Waals surface area contributed by atoms with Gasteiger partial charge in [0.1, 0.15) is 5.82 Å². The van der Waals surface area contributed by atoms with Crippen molar-refractivity contribution >= 4 is 16.6 Å². The number of aromatic nitrogens is 4. The average molecular weight is 348 g/mol. The highest BCUT2D eigenvalue weighted by atomic mass is 19.4. The van der Waals surface area contributed by atoms with E-state index in [9.17, 15) is 22.4 Å². The lowest BCUT2D eigenvalue weighted by molar-refractivity contribution is -0.136. The summed E-state index contributed by atoms with van der Waals surface area (Å²) < 4.78 is 53.7. The number of H-pyrrole nitrogens is 1. The molecule has 2 aromatic heterocycles. The van der Waals surface area contributed by atoms with Gasteiger partial charge in [-0.2, -0.15) is 17.7 Å². The molecule has 9 heteroatoms. The minimum absolute atomic E-state index is 0.0370. The first-order valence-electron chi connectivity index (χ1n) is 7.09. The number of nitrogens with zero attached hydrogens (tertiary/aromatic N) is 3. The maximum Gasteiger partial charge on any atom is 0.418 e. The molecule has 0 saturated heterocycles. The quantitative estimate of drug-likeness (QED) is 0.536. The van der Waals surface area contributed by atoms with Crippen molar-refractivity contribution in [1.29, 1.82) is 0 Å². The fourth-order valence-electron chi connectivity index (χ4n) is 2.65. The molecular weight excluding hydrogens is 340 g/mol. The Labute approximate surface area is 136 Å². The van der Waals surface area contributed by atoms with Gasteiger partial charge in [0.25, 0.3) is 0 Å². The highest BCUT2D eigenvalue weighted by Gasteiger charge is 2.33. The van der Waals surface area contributed by atoms with E-state index in [4.69, 9.17) is 0 Å². The Balaban J connectivity index is 2.07. The number of para-hydroxylation sites is 1. The third-order valence-electron chi connectivity index (χ3n) is 3.73. The smallest absolute Gasteiger partial charge is 0.305 e. The fraction of sp³-hybridized carbons (Fsp3) is 0.0625. The van der Waals surface area contributed by atoms with E-state index in [1.54, 1.807) is 0 Å². The molecule has 4 aromatic rings. The van der Waals surface area contributed by atoms with E-state index in [0.717, 1.165) is 10.6 Å². The molecule has 2 heterocycles. The summed E-state index contributed by atoms with van der Waals surface area (Å²) in [6.45, 7) is 0. The molecule has 0 fully saturated rings. The molecule has 5 nitrogen and oxygen atoms in total. The maximum atomic E-state index is 13.4. The summed E-state index contributed by atoms with van der Waals surface area (Å²) in [7, 11) is 0. The highest BCUT2D eigenvalue weighted by Crippen LogP contribution is 2.34. The molecule has 0 aliphatic rings. The Bertz CT molecular complexity index is 1180. The molecule has 25 heavy (non-hydrogen) atoms. The number of hydrogen-bond acceptors (Lipinski definition) is 3. The predicted octanol–water partition coefficient (Wildman–Crippen LogP) is 3.40. The molecule has 0 aliphatic carbocycles. The van der Waals surface area contributed by atoms with Crippen molar-refractivity contribution in [3.8, 4) is 11.4 Å². The van der Waals surface area contributed by atoms with Crippen LogP contribution in [0.25, 0.3) is 27.9 Å². The van der Waals surface area contributed by atoms with Crippen LogP contribution in [-0.2, 0) is 6.18 Å². The van der Waals surface area contributed by atoms with Crippen LogP contribution >= 0.6 is 0 Å². The third-order valence-corrected chi connectivity index (χ3v) is 3.73. The Kier molecular flexibility index (Phi) is 3.14. The number of alkyl halides is 3. The van der Waals surface area contributed by atoms with Crippen LogP contribution in [0, 0.1) is 5.82 Å². The lowest BCUT2D eigenvalue weighted by Gasteiger charge is -2.09. The molecule has 0 bridgehead atoms. The molecule has 0 aliphatic heterocycles. The number of fused-ring (bicyclic) bond motifs is 3. The summed E-state index contributed by atoms with van der Waals surface area (Å²) in [6.07, 6.45) is -4.63. The van der Waals surface area contributed by atoms with Gasteiger partial charge in [-0.1, -0.05) is 18.2 Å². The summed E-state index contributed by atoms with van der Waals surface area (Å²) >= 11 is 0. The molecule has 1 N–H and O–H groups in total. The zero-order valence-corrected chi connectivity index (χ0v) is 12.3. The minimum atomic E-state index is -4.63. The van der Waals surface area contributed by atoms with Crippen molar-refractivity contribution in [2.75, 3.05) is 0 Å². The zero-order chi connectivity index (χ0) is 17.8. The predicted molar refractivity (Wildman–Crippen MR) is 81.5 cm³/mol. The fourth-order valence-corrected chi connectivity index (χ4v) is 2.65. The van der Waals surface area contributed by atoms with Crippen LogP contribution in [0.5, 0.6) is 0 Å². The number of hydrogen-bond donors (Lipinski definition) is 1. The normalized spacial score (nSPS) is 12.2. The van der Waals surface area contributed by atoms with E-state index in [0.29, 0.717) is 5.56 Å². The second kappa shape index (κ2) is 5.13. The Hall–Kier alpha value is -3.23. The molecule has 0 amide bonds. The topological polar surface area (TPSA) is 63.0 Å². The van der Waals surface area contributed by atoms with Crippen molar-refractivity contribution in [3.63, 3.8) is 0 Å². The van der Waals surface area contributed by atoms with Crippen LogP contribution < -0.4 is 5.69 Å². The molecule has 0 spiro atoms. The second-order valence-electron chi connectivity index (χ2n) is 5.34. The number of aromatic amines is 1. The van der Waals surface area contributed by atoms with E-state index in [1.165, 1.54) is 36.4 Å². The van der Waals surface area contributed by atoms with Gasteiger partial charge in [0, 0.05) is 10.9 Å². The van der Waals surface area contributed by atoms with Crippen molar-refractivity contribution in [3.05, 3.63) is 64.3 Å². The summed E-state index contributed by atoms with van der Waals surface area (Å²) in [5.74, 6) is -0.482. The van der Waals surface area contributed by atoms with Gasteiger partial charge < -0.3 is 4.98 Å². The molecule has 0 unspecified atom stereocenters. The van der Waals surface area contributed by atoms with Gasteiger partial charge in [-0.05, 0) is 24.3 Å². The van der Waals surface area contributed by atoms with Gasteiger partial charge in [-0.15, -0.1) is 5.10 Å². The summed E-state index contributed by atoms with van der Waals surface area (Å²) in [5, 5.41) is 4.07. The molecule has 4 rings (SSSR count). The third kappa shape index (κ3) is 2.44. The molecule has 2 aromatic carbocycles. The SMILES string of the molecule is O=c1[nH]c2c(C(F)(F)F)cccc2c2nc(-c3cccc(F)c3)nn12. The number of benzene rings is 2. The van der Waals surface area contributed by atoms with Crippen LogP contribution in [0.2, 0.25) is 0 Å². The number of halogens is 4. The first-order valence-corrected chi connectivity index (χ1v) is 7.09. The molecule has 0 saturated carbocycles. The molecular formula is C16H8F4N4O. The van der Waals surface area contributed by atoms with Crippen LogP contribution in [0.1, 0.15) is 5.56 Å². The van der Waals surface area contributed by atoms with Gasteiger partial charge in [0.2, 0.25) is 0 Å². The minimum Gasteiger partial charge on any atom is -0.305 e. The van der Waals surface area contributed by atoms with Crippen molar-refractivity contribution in [2.24, 2.45) is 0 Å². The lowest BCUT2D eigenvalue weighted by Crippen LogP contribution is -2.19. The van der Waals surface area contributed by atoms with Gasteiger partial charge >= 0.3 is 11.9 Å². The number of rotatable bonds is 1. The van der Waals surface area contributed by atoms with E-state index in [1.807, 2.05) is 0 Å². The number of nitrogens with one attached hydrogen (secondary N) is 1. The van der Waals surface area contributed by atoms with Crippen molar-refractivity contribution in [1.82, 2.24) is 19.6 Å². The van der Waals surface area contributed by atoms with Gasteiger partial charge in [-0.25, -0.2) is 14.2 Å². The second-order valence-corrected chi connectivity index (χ2v) is 5.34. The van der Waals surface area contributed by atoms with Crippen molar-refractivity contribution in [2.45, 2.75) is 6.18 Å². The molecule has 0 atom stereocenters. The Morgan fingerprint density at radius 2 is 1.84 bits per heavy atom. The van der Waals surface area contributed by atoms with E-state index in [2.05, 4.69) is 15.1 Å². The summed E-state index contributed by atoms with van der Waals surface area (Å²) in [5.41, 5.74) is -1.94. The van der Waals surface area contributed by atoms with E-state index >= 15 is 0 Å². The first kappa shape index (κ1) is 15.3. The van der Waals surface area contributed by atoms with E-state index in [-0.39, 0.29) is 22.4 Å². The van der Waals surface area contributed by atoms with Gasteiger partial charge in [0.05, 0.1) is 11.1 Å². The first-order chi connectivity index (χ1) is 11.8.